The second kappa shape index (κ2) is 6.18. The van der Waals surface area contributed by atoms with E-state index in [0.717, 1.165) is 30.2 Å². The van der Waals surface area contributed by atoms with Crippen molar-refractivity contribution in [3.8, 4) is 0 Å². The van der Waals surface area contributed by atoms with Crippen LogP contribution in [0.1, 0.15) is 26.3 Å². The Kier molecular flexibility index (Phi) is 5.19. The zero-order valence-corrected chi connectivity index (χ0v) is 10.9. The molecule has 1 rings (SSSR count). The molecule has 0 atom stereocenters. The lowest BCUT2D eigenvalue weighted by Crippen LogP contribution is -2.40. The monoisotopic (exact) mass is 241 g/mol. The molecule has 0 fully saturated rings. The maximum absolute atomic E-state index is 5.99. The minimum absolute atomic E-state index is 0.177. The van der Waals surface area contributed by atoms with E-state index in [-0.39, 0.29) is 5.54 Å². The Morgan fingerprint density at radius 2 is 2.06 bits per heavy atom. The van der Waals surface area contributed by atoms with Gasteiger partial charge in [-0.3, -0.25) is 4.98 Å². The number of nitrogens with zero attached hydrogens (tertiary/aromatic N) is 1. The molecule has 2 N–H and O–H groups in total. The lowest BCUT2D eigenvalue weighted by atomic mass is 10.1. The predicted octanol–water partition coefficient (Wildman–Crippen LogP) is 2.21. The summed E-state index contributed by atoms with van der Waals surface area (Å²) in [5.74, 6) is 0. The molecule has 0 bridgehead atoms. The van der Waals surface area contributed by atoms with Crippen LogP contribution in [0, 0.1) is 0 Å². The minimum atomic E-state index is 0.177. The van der Waals surface area contributed by atoms with Gasteiger partial charge in [0.25, 0.3) is 0 Å². The van der Waals surface area contributed by atoms with E-state index in [4.69, 9.17) is 11.6 Å². The van der Waals surface area contributed by atoms with Crippen LogP contribution in [0.25, 0.3) is 0 Å². The summed E-state index contributed by atoms with van der Waals surface area (Å²) in [6, 6.07) is 1.94. The molecular formula is C12H20ClN3. The molecule has 0 aliphatic carbocycles. The topological polar surface area (TPSA) is 37.0 Å². The molecule has 0 aliphatic rings. The van der Waals surface area contributed by atoms with Crippen LogP contribution in [0.3, 0.4) is 0 Å². The van der Waals surface area contributed by atoms with Gasteiger partial charge in [-0.15, -0.1) is 0 Å². The van der Waals surface area contributed by atoms with Crippen molar-refractivity contribution in [3.63, 3.8) is 0 Å². The average Bonchev–Trinajstić information content (AvgIpc) is 2.18. The van der Waals surface area contributed by atoms with E-state index in [1.165, 1.54) is 0 Å². The quantitative estimate of drug-likeness (QED) is 0.777. The van der Waals surface area contributed by atoms with Crippen LogP contribution in [0.15, 0.2) is 18.5 Å². The number of nitrogens with one attached hydrogen (secondary N) is 2. The van der Waals surface area contributed by atoms with Gasteiger partial charge in [0.15, 0.2) is 0 Å². The van der Waals surface area contributed by atoms with Crippen LogP contribution in [0.4, 0.5) is 0 Å². The lowest BCUT2D eigenvalue weighted by Gasteiger charge is -2.20. The zero-order valence-electron chi connectivity index (χ0n) is 10.2. The Labute approximate surface area is 103 Å². The third kappa shape index (κ3) is 5.45. The largest absolute Gasteiger partial charge is 0.311 e. The van der Waals surface area contributed by atoms with Crippen LogP contribution in [-0.4, -0.2) is 23.6 Å². The molecule has 0 aromatic carbocycles. The van der Waals surface area contributed by atoms with Crippen molar-refractivity contribution in [2.75, 3.05) is 13.1 Å². The van der Waals surface area contributed by atoms with E-state index < -0.39 is 0 Å². The molecule has 1 heterocycles. The van der Waals surface area contributed by atoms with Crippen molar-refractivity contribution in [2.45, 2.75) is 32.9 Å². The van der Waals surface area contributed by atoms with E-state index in [1.54, 1.807) is 12.4 Å². The molecule has 0 aliphatic heterocycles. The summed E-state index contributed by atoms with van der Waals surface area (Å²) in [6.45, 7) is 9.14. The van der Waals surface area contributed by atoms with Crippen molar-refractivity contribution >= 4 is 11.6 Å². The van der Waals surface area contributed by atoms with Crippen LogP contribution in [-0.2, 0) is 6.54 Å². The van der Waals surface area contributed by atoms with E-state index in [2.05, 4.69) is 36.4 Å². The Hall–Kier alpha value is -0.640. The first-order valence-electron chi connectivity index (χ1n) is 5.53. The molecule has 16 heavy (non-hydrogen) atoms. The fourth-order valence-electron chi connectivity index (χ4n) is 1.30. The second-order valence-corrected chi connectivity index (χ2v) is 5.23. The summed E-state index contributed by atoms with van der Waals surface area (Å²) in [7, 11) is 0. The second-order valence-electron chi connectivity index (χ2n) is 4.82. The van der Waals surface area contributed by atoms with Gasteiger partial charge >= 0.3 is 0 Å². The zero-order chi connectivity index (χ0) is 12.0. The molecule has 0 saturated heterocycles. The van der Waals surface area contributed by atoms with Crippen molar-refractivity contribution < 1.29 is 0 Å². The Bertz CT molecular complexity index is 320. The molecule has 3 nitrogen and oxygen atoms in total. The van der Waals surface area contributed by atoms with Crippen LogP contribution in [0.2, 0.25) is 5.02 Å². The molecule has 0 spiro atoms. The minimum Gasteiger partial charge on any atom is -0.311 e. The first-order chi connectivity index (χ1) is 7.49. The number of rotatable bonds is 5. The van der Waals surface area contributed by atoms with Crippen molar-refractivity contribution in [2.24, 2.45) is 0 Å². The molecule has 0 amide bonds. The van der Waals surface area contributed by atoms with Crippen LogP contribution < -0.4 is 10.6 Å². The van der Waals surface area contributed by atoms with Gasteiger partial charge in [-0.25, -0.2) is 0 Å². The summed E-state index contributed by atoms with van der Waals surface area (Å²) < 4.78 is 0. The van der Waals surface area contributed by atoms with Gasteiger partial charge in [0.2, 0.25) is 0 Å². The first kappa shape index (κ1) is 13.4. The highest BCUT2D eigenvalue weighted by atomic mass is 35.5. The maximum Gasteiger partial charge on any atom is 0.0634 e. The Morgan fingerprint density at radius 3 is 2.69 bits per heavy atom. The third-order valence-corrected chi connectivity index (χ3v) is 2.47. The van der Waals surface area contributed by atoms with E-state index in [0.29, 0.717) is 0 Å². The standard InChI is InChI=1S/C12H20ClN3/c1-12(2,3)16-7-6-15-8-10-4-5-14-9-11(10)13/h4-5,9,15-16H,6-8H2,1-3H3. The number of aromatic nitrogens is 1. The highest BCUT2D eigenvalue weighted by Gasteiger charge is 2.06. The van der Waals surface area contributed by atoms with Crippen molar-refractivity contribution in [1.29, 1.82) is 0 Å². The molecular weight excluding hydrogens is 222 g/mol. The summed E-state index contributed by atoms with van der Waals surface area (Å²) in [6.07, 6.45) is 3.43. The van der Waals surface area contributed by atoms with Crippen LogP contribution >= 0.6 is 11.6 Å². The van der Waals surface area contributed by atoms with E-state index >= 15 is 0 Å². The molecule has 1 aromatic heterocycles. The van der Waals surface area contributed by atoms with Gasteiger partial charge in [-0.2, -0.15) is 0 Å². The van der Waals surface area contributed by atoms with Crippen molar-refractivity contribution in [1.82, 2.24) is 15.6 Å². The molecule has 0 saturated carbocycles. The SMILES string of the molecule is CC(C)(C)NCCNCc1ccncc1Cl. The van der Waals surface area contributed by atoms with Gasteiger partial charge in [0.05, 0.1) is 5.02 Å². The normalized spacial score (nSPS) is 11.8. The average molecular weight is 242 g/mol. The fourth-order valence-corrected chi connectivity index (χ4v) is 1.48. The Morgan fingerprint density at radius 1 is 1.31 bits per heavy atom. The van der Waals surface area contributed by atoms with Gasteiger partial charge < -0.3 is 10.6 Å². The number of halogens is 1. The number of pyridine rings is 1. The maximum atomic E-state index is 5.99. The summed E-state index contributed by atoms with van der Waals surface area (Å²) in [5.41, 5.74) is 1.27. The van der Waals surface area contributed by atoms with Gasteiger partial charge in [0.1, 0.15) is 0 Å². The summed E-state index contributed by atoms with van der Waals surface area (Å²) in [5, 5.41) is 7.48. The third-order valence-electron chi connectivity index (χ3n) is 2.13. The smallest absolute Gasteiger partial charge is 0.0634 e. The molecule has 0 unspecified atom stereocenters. The summed E-state index contributed by atoms with van der Waals surface area (Å²) >= 11 is 5.99. The molecule has 1 aromatic rings. The Balaban J connectivity index is 2.19. The number of hydrogen-bond donors (Lipinski definition) is 2. The predicted molar refractivity (Wildman–Crippen MR) is 68.7 cm³/mol. The number of hydrogen-bond acceptors (Lipinski definition) is 3. The molecule has 0 radical (unpaired) electrons. The summed E-state index contributed by atoms with van der Waals surface area (Å²) in [4.78, 5) is 3.95. The van der Waals surface area contributed by atoms with Crippen LogP contribution in [0.5, 0.6) is 0 Å². The first-order valence-corrected chi connectivity index (χ1v) is 5.91. The highest BCUT2D eigenvalue weighted by molar-refractivity contribution is 6.31. The molecule has 90 valence electrons. The fraction of sp³-hybridized carbons (Fsp3) is 0.583. The van der Waals surface area contributed by atoms with Gasteiger partial charge in [-0.1, -0.05) is 11.6 Å². The van der Waals surface area contributed by atoms with Crippen molar-refractivity contribution in [3.05, 3.63) is 29.0 Å². The van der Waals surface area contributed by atoms with Gasteiger partial charge in [-0.05, 0) is 32.4 Å². The molecule has 4 heteroatoms. The van der Waals surface area contributed by atoms with E-state index in [1.807, 2.05) is 6.07 Å². The van der Waals surface area contributed by atoms with E-state index in [9.17, 15) is 0 Å². The lowest BCUT2D eigenvalue weighted by molar-refractivity contribution is 0.421. The highest BCUT2D eigenvalue weighted by Crippen LogP contribution is 2.12. The van der Waals surface area contributed by atoms with Gasteiger partial charge in [0, 0.05) is 37.6 Å².